The van der Waals surface area contributed by atoms with Gasteiger partial charge in [-0.05, 0) is 48.6 Å². The highest BCUT2D eigenvalue weighted by atomic mass is 35.5. The highest BCUT2D eigenvalue weighted by Gasteiger charge is 2.22. The van der Waals surface area contributed by atoms with E-state index in [-0.39, 0.29) is 12.3 Å². The van der Waals surface area contributed by atoms with Gasteiger partial charge >= 0.3 is 0 Å². The fourth-order valence-electron chi connectivity index (χ4n) is 2.83. The fraction of sp³-hybridized carbons (Fsp3) is 0.350. The van der Waals surface area contributed by atoms with E-state index in [1.54, 1.807) is 12.1 Å². The lowest BCUT2D eigenvalue weighted by Crippen LogP contribution is -2.18. The molecule has 1 aliphatic heterocycles. The Hall–Kier alpha value is -2.40. The minimum Gasteiger partial charge on any atom is -0.491 e. The number of benzene rings is 2. The van der Waals surface area contributed by atoms with Gasteiger partial charge in [0.05, 0.1) is 23.7 Å². The lowest BCUT2D eigenvalue weighted by molar-refractivity contribution is -0.115. The average Bonchev–Trinajstić information content (AvgIpc) is 3.45. The maximum Gasteiger partial charge on any atom is 0.228 e. The Kier molecular flexibility index (Phi) is 4.89. The van der Waals surface area contributed by atoms with Gasteiger partial charge in [-0.3, -0.25) is 4.79 Å². The van der Waals surface area contributed by atoms with E-state index < -0.39 is 0 Å². The predicted octanol–water partition coefficient (Wildman–Crippen LogP) is 4.08. The lowest BCUT2D eigenvalue weighted by Gasteiger charge is -2.20. The number of halogens is 1. The second kappa shape index (κ2) is 7.46. The summed E-state index contributed by atoms with van der Waals surface area (Å²) in [5, 5.41) is 3.38. The minimum absolute atomic E-state index is 0.139. The number of hydrogen-bond acceptors (Lipinski definition) is 4. The standard InChI is InChI=1S/C20H20ClNO4/c21-15-9-14(10-18-20(15)25-8-7-24-18)11-19(23)22-16-3-1-2-4-17(16)26-12-13-5-6-13/h1-4,9-10,13H,5-8,11-12H2,(H,22,23). The van der Waals surface area contributed by atoms with Crippen LogP contribution in [0, 0.1) is 5.92 Å². The smallest absolute Gasteiger partial charge is 0.228 e. The van der Waals surface area contributed by atoms with Gasteiger partial charge in [-0.25, -0.2) is 0 Å². The van der Waals surface area contributed by atoms with Gasteiger partial charge in [-0.1, -0.05) is 23.7 Å². The highest BCUT2D eigenvalue weighted by Crippen LogP contribution is 2.38. The summed E-state index contributed by atoms with van der Waals surface area (Å²) in [5.41, 5.74) is 1.45. The SMILES string of the molecule is O=C(Cc1cc(Cl)c2c(c1)OCCO2)Nc1ccccc1OCC1CC1. The number of ether oxygens (including phenoxy) is 3. The third-order valence-electron chi connectivity index (χ3n) is 4.35. The van der Waals surface area contributed by atoms with Crippen LogP contribution >= 0.6 is 11.6 Å². The molecule has 1 amide bonds. The molecule has 0 spiro atoms. The molecule has 0 aromatic heterocycles. The van der Waals surface area contributed by atoms with Crippen LogP contribution in [0.25, 0.3) is 0 Å². The van der Waals surface area contributed by atoms with Crippen LogP contribution in [0.1, 0.15) is 18.4 Å². The van der Waals surface area contributed by atoms with Crippen molar-refractivity contribution < 1.29 is 19.0 Å². The van der Waals surface area contributed by atoms with Crippen molar-refractivity contribution in [1.82, 2.24) is 0 Å². The van der Waals surface area contributed by atoms with E-state index in [2.05, 4.69) is 5.32 Å². The summed E-state index contributed by atoms with van der Waals surface area (Å²) in [6, 6.07) is 11.0. The summed E-state index contributed by atoms with van der Waals surface area (Å²) in [7, 11) is 0. The number of carbonyl (C=O) groups excluding carboxylic acids is 1. The first-order chi connectivity index (χ1) is 12.7. The molecule has 5 nitrogen and oxygen atoms in total. The topological polar surface area (TPSA) is 56.8 Å². The molecule has 0 unspecified atom stereocenters. The minimum atomic E-state index is -0.139. The summed E-state index contributed by atoms with van der Waals surface area (Å²) in [5.74, 6) is 2.34. The molecule has 0 atom stereocenters. The monoisotopic (exact) mass is 373 g/mol. The van der Waals surface area contributed by atoms with Gasteiger partial charge in [0, 0.05) is 0 Å². The first kappa shape index (κ1) is 17.0. The van der Waals surface area contributed by atoms with Crippen LogP contribution in [-0.4, -0.2) is 25.7 Å². The molecule has 2 aliphatic rings. The van der Waals surface area contributed by atoms with Gasteiger partial charge < -0.3 is 19.5 Å². The van der Waals surface area contributed by atoms with Crippen molar-refractivity contribution in [1.29, 1.82) is 0 Å². The van der Waals surface area contributed by atoms with Crippen LogP contribution in [0.2, 0.25) is 5.02 Å². The van der Waals surface area contributed by atoms with Crippen LogP contribution < -0.4 is 19.5 Å². The van der Waals surface area contributed by atoms with E-state index >= 15 is 0 Å². The van der Waals surface area contributed by atoms with Gasteiger partial charge in [0.25, 0.3) is 0 Å². The molecule has 0 saturated heterocycles. The zero-order valence-corrected chi connectivity index (χ0v) is 15.1. The summed E-state index contributed by atoms with van der Waals surface area (Å²) < 4.78 is 16.9. The maximum atomic E-state index is 12.5. The summed E-state index contributed by atoms with van der Waals surface area (Å²) in [6.45, 7) is 1.65. The van der Waals surface area contributed by atoms with Crippen molar-refractivity contribution in [2.45, 2.75) is 19.3 Å². The maximum absolute atomic E-state index is 12.5. The number of hydrogen-bond donors (Lipinski definition) is 1. The molecule has 0 radical (unpaired) electrons. The molecule has 26 heavy (non-hydrogen) atoms. The van der Waals surface area contributed by atoms with Gasteiger partial charge in [0.2, 0.25) is 5.91 Å². The number of rotatable bonds is 6. The quantitative estimate of drug-likeness (QED) is 0.828. The van der Waals surface area contributed by atoms with E-state index in [9.17, 15) is 4.79 Å². The third kappa shape index (κ3) is 4.05. The van der Waals surface area contributed by atoms with E-state index in [4.69, 9.17) is 25.8 Å². The first-order valence-electron chi connectivity index (χ1n) is 8.79. The molecule has 2 aromatic carbocycles. The van der Waals surface area contributed by atoms with Crippen molar-refractivity contribution >= 4 is 23.2 Å². The van der Waals surface area contributed by atoms with Crippen molar-refractivity contribution in [2.75, 3.05) is 25.1 Å². The van der Waals surface area contributed by atoms with Crippen molar-refractivity contribution in [3.63, 3.8) is 0 Å². The number of carbonyl (C=O) groups is 1. The number of nitrogens with one attached hydrogen (secondary N) is 1. The third-order valence-corrected chi connectivity index (χ3v) is 4.63. The summed E-state index contributed by atoms with van der Waals surface area (Å²) in [6.07, 6.45) is 2.63. The van der Waals surface area contributed by atoms with Gasteiger partial charge in [0.15, 0.2) is 11.5 Å². The second-order valence-electron chi connectivity index (χ2n) is 6.58. The first-order valence-corrected chi connectivity index (χ1v) is 9.16. The Balaban J connectivity index is 1.43. The van der Waals surface area contributed by atoms with Crippen molar-refractivity contribution in [3.05, 3.63) is 47.0 Å². The zero-order valence-electron chi connectivity index (χ0n) is 14.3. The molecule has 0 bridgehead atoms. The normalized spacial score (nSPS) is 15.4. The molecule has 4 rings (SSSR count). The highest BCUT2D eigenvalue weighted by molar-refractivity contribution is 6.32. The van der Waals surface area contributed by atoms with Crippen LogP contribution in [0.4, 0.5) is 5.69 Å². The molecule has 136 valence electrons. The van der Waals surface area contributed by atoms with Crippen LogP contribution in [-0.2, 0) is 11.2 Å². The average molecular weight is 374 g/mol. The Morgan fingerprint density at radius 2 is 2.00 bits per heavy atom. The van der Waals surface area contributed by atoms with Crippen LogP contribution in [0.15, 0.2) is 36.4 Å². The molecular formula is C20H20ClNO4. The zero-order chi connectivity index (χ0) is 17.9. The molecule has 6 heteroatoms. The number of amides is 1. The fourth-order valence-corrected chi connectivity index (χ4v) is 3.12. The molecule has 1 heterocycles. The Bertz CT molecular complexity index is 819. The van der Waals surface area contributed by atoms with Gasteiger partial charge in [-0.2, -0.15) is 0 Å². The van der Waals surface area contributed by atoms with Gasteiger partial charge in [-0.15, -0.1) is 0 Å². The molecule has 1 N–H and O–H groups in total. The molecule has 1 fully saturated rings. The van der Waals surface area contributed by atoms with Crippen LogP contribution in [0.5, 0.6) is 17.2 Å². The van der Waals surface area contributed by atoms with Crippen molar-refractivity contribution in [2.24, 2.45) is 5.92 Å². The number of anilines is 1. The lowest BCUT2D eigenvalue weighted by atomic mass is 10.1. The van der Waals surface area contributed by atoms with E-state index in [1.807, 2.05) is 24.3 Å². The molecule has 2 aromatic rings. The number of fused-ring (bicyclic) bond motifs is 1. The summed E-state index contributed by atoms with van der Waals surface area (Å²) >= 11 is 6.24. The van der Waals surface area contributed by atoms with E-state index in [1.165, 1.54) is 12.8 Å². The largest absolute Gasteiger partial charge is 0.491 e. The predicted molar refractivity (Wildman–Crippen MR) is 99.4 cm³/mol. The molecular weight excluding hydrogens is 354 g/mol. The Morgan fingerprint density at radius 3 is 2.85 bits per heavy atom. The van der Waals surface area contributed by atoms with Crippen LogP contribution in [0.3, 0.4) is 0 Å². The number of para-hydroxylation sites is 2. The molecule has 1 saturated carbocycles. The van der Waals surface area contributed by atoms with E-state index in [0.717, 1.165) is 5.56 Å². The van der Waals surface area contributed by atoms with Crippen molar-refractivity contribution in [3.8, 4) is 17.2 Å². The second-order valence-corrected chi connectivity index (χ2v) is 6.98. The molecule has 1 aliphatic carbocycles. The Morgan fingerprint density at radius 1 is 1.19 bits per heavy atom. The van der Waals surface area contributed by atoms with E-state index in [0.29, 0.717) is 53.7 Å². The van der Waals surface area contributed by atoms with Gasteiger partial charge in [0.1, 0.15) is 19.0 Å². The summed E-state index contributed by atoms with van der Waals surface area (Å²) in [4.78, 5) is 12.5. The Labute approximate surface area is 157 Å².